The van der Waals surface area contributed by atoms with Crippen molar-refractivity contribution >= 4 is 12.2 Å². The van der Waals surface area contributed by atoms with E-state index in [1.807, 2.05) is 60.7 Å². The Morgan fingerprint density at radius 3 is 2.00 bits per heavy atom. The average molecular weight is 475 g/mol. The minimum absolute atomic E-state index is 0.288. The monoisotopic (exact) mass is 474 g/mol. The normalized spacial score (nSPS) is 12.0. The SMILES string of the molecule is C=C(/C=C/c1ccc(OCCC)cc1)CC(=C)/C=C/c1ccc2c(c1)OCO2.CCCCCCC. The van der Waals surface area contributed by atoms with Gasteiger partial charge in [-0.05, 0) is 48.2 Å². The number of hydrogen-bond donors (Lipinski definition) is 0. The summed E-state index contributed by atoms with van der Waals surface area (Å²) in [6.45, 7) is 15.9. The molecule has 1 heterocycles. The molecule has 35 heavy (non-hydrogen) atoms. The third kappa shape index (κ3) is 11.2. The van der Waals surface area contributed by atoms with Gasteiger partial charge in [0.2, 0.25) is 6.79 Å². The summed E-state index contributed by atoms with van der Waals surface area (Å²) in [6, 6.07) is 14.0. The lowest BCUT2D eigenvalue weighted by Crippen LogP contribution is -1.94. The van der Waals surface area contributed by atoms with Gasteiger partial charge < -0.3 is 14.2 Å². The molecule has 0 saturated heterocycles. The maximum Gasteiger partial charge on any atom is 0.231 e. The summed E-state index contributed by atoms with van der Waals surface area (Å²) in [6.07, 6.45) is 16.9. The molecule has 3 heteroatoms. The van der Waals surface area contributed by atoms with Gasteiger partial charge in [-0.2, -0.15) is 0 Å². The Balaban J connectivity index is 0.000000540. The standard InChI is InChI=1S/C25H26O3.C7H16/c1-4-15-26-23-12-9-21(10-13-23)7-5-19(2)16-20(3)6-8-22-11-14-24-25(17-22)28-18-27-24;1-3-5-7-6-4-2/h5-14,17H,2-4,15-16,18H2,1H3;3-7H2,1-2H3/b7-5+,8-6+;. The molecule has 0 radical (unpaired) electrons. The molecule has 2 aromatic carbocycles. The molecule has 1 aliphatic rings. The number of ether oxygens (including phenoxy) is 3. The molecule has 0 aromatic heterocycles. The van der Waals surface area contributed by atoms with E-state index in [0.29, 0.717) is 0 Å². The molecule has 3 nitrogen and oxygen atoms in total. The summed E-state index contributed by atoms with van der Waals surface area (Å²) >= 11 is 0. The van der Waals surface area contributed by atoms with E-state index in [2.05, 4.69) is 40.0 Å². The highest BCUT2D eigenvalue weighted by atomic mass is 16.7. The van der Waals surface area contributed by atoms with E-state index in [9.17, 15) is 0 Å². The number of fused-ring (bicyclic) bond motifs is 1. The van der Waals surface area contributed by atoms with Gasteiger partial charge in [0.15, 0.2) is 11.5 Å². The predicted molar refractivity (Wildman–Crippen MR) is 150 cm³/mol. The first kappa shape index (κ1) is 28.0. The molecule has 3 rings (SSSR count). The quantitative estimate of drug-likeness (QED) is 0.214. The van der Waals surface area contributed by atoms with Crippen molar-refractivity contribution in [3.8, 4) is 17.2 Å². The third-order valence-corrected chi connectivity index (χ3v) is 5.43. The number of allylic oxidation sites excluding steroid dienone is 4. The first-order valence-electron chi connectivity index (χ1n) is 12.9. The van der Waals surface area contributed by atoms with E-state index in [4.69, 9.17) is 14.2 Å². The molecule has 0 fully saturated rings. The minimum Gasteiger partial charge on any atom is -0.494 e. The predicted octanol–water partition coefficient (Wildman–Crippen LogP) is 9.41. The zero-order valence-corrected chi connectivity index (χ0v) is 21.9. The van der Waals surface area contributed by atoms with Crippen molar-refractivity contribution in [1.82, 2.24) is 0 Å². The lowest BCUT2D eigenvalue weighted by molar-refractivity contribution is 0.174. The van der Waals surface area contributed by atoms with Crippen LogP contribution in [0.4, 0.5) is 0 Å². The molecule has 188 valence electrons. The van der Waals surface area contributed by atoms with Crippen LogP contribution in [-0.4, -0.2) is 13.4 Å². The summed E-state index contributed by atoms with van der Waals surface area (Å²) in [4.78, 5) is 0. The van der Waals surface area contributed by atoms with Gasteiger partial charge in [0, 0.05) is 0 Å². The van der Waals surface area contributed by atoms with Crippen molar-refractivity contribution in [2.75, 3.05) is 13.4 Å². The molecule has 0 saturated carbocycles. The second kappa shape index (κ2) is 16.4. The molecule has 1 aliphatic heterocycles. The van der Waals surface area contributed by atoms with E-state index in [1.165, 1.54) is 32.1 Å². The van der Waals surface area contributed by atoms with Gasteiger partial charge in [-0.25, -0.2) is 0 Å². The lowest BCUT2D eigenvalue weighted by atomic mass is 10.0. The molecule has 0 atom stereocenters. The van der Waals surface area contributed by atoms with Crippen molar-refractivity contribution in [3.05, 3.63) is 90.0 Å². The first-order valence-corrected chi connectivity index (χ1v) is 12.9. The molecular weight excluding hydrogens is 432 g/mol. The molecule has 0 unspecified atom stereocenters. The smallest absolute Gasteiger partial charge is 0.231 e. The van der Waals surface area contributed by atoms with Gasteiger partial charge in [-0.15, -0.1) is 0 Å². The largest absolute Gasteiger partial charge is 0.494 e. The van der Waals surface area contributed by atoms with Crippen LogP contribution in [-0.2, 0) is 0 Å². The van der Waals surface area contributed by atoms with Crippen LogP contribution in [0.25, 0.3) is 12.2 Å². The Kier molecular flexibility index (Phi) is 13.2. The number of rotatable bonds is 13. The highest BCUT2D eigenvalue weighted by Crippen LogP contribution is 2.33. The van der Waals surface area contributed by atoms with Crippen LogP contribution >= 0.6 is 0 Å². The van der Waals surface area contributed by atoms with Gasteiger partial charge in [0.25, 0.3) is 0 Å². The maximum atomic E-state index is 5.60. The summed E-state index contributed by atoms with van der Waals surface area (Å²) in [5.74, 6) is 2.48. The average Bonchev–Trinajstić information content (AvgIpc) is 3.34. The Hall–Kier alpha value is -3.20. The molecule has 0 N–H and O–H groups in total. The second-order valence-corrected chi connectivity index (χ2v) is 8.75. The lowest BCUT2D eigenvalue weighted by Gasteiger charge is -2.04. The molecule has 0 amide bonds. The van der Waals surface area contributed by atoms with Crippen LogP contribution in [0, 0.1) is 0 Å². The zero-order valence-electron chi connectivity index (χ0n) is 21.9. The van der Waals surface area contributed by atoms with Crippen molar-refractivity contribution in [1.29, 1.82) is 0 Å². The highest BCUT2D eigenvalue weighted by molar-refractivity contribution is 5.59. The molecular formula is C32H42O3. The fourth-order valence-corrected chi connectivity index (χ4v) is 3.43. The first-order chi connectivity index (χ1) is 17.0. The van der Waals surface area contributed by atoms with E-state index in [-0.39, 0.29) is 6.79 Å². The Labute approximate surface area is 212 Å². The van der Waals surface area contributed by atoms with Crippen molar-refractivity contribution < 1.29 is 14.2 Å². The Bertz CT molecular complexity index is 963. The topological polar surface area (TPSA) is 27.7 Å². The van der Waals surface area contributed by atoms with Crippen LogP contribution in [0.5, 0.6) is 17.2 Å². The van der Waals surface area contributed by atoms with Gasteiger partial charge in [0.05, 0.1) is 6.61 Å². The molecule has 0 spiro atoms. The van der Waals surface area contributed by atoms with E-state index in [1.54, 1.807) is 0 Å². The summed E-state index contributed by atoms with van der Waals surface area (Å²) in [5, 5.41) is 0. The number of benzene rings is 2. The van der Waals surface area contributed by atoms with Gasteiger partial charge in [-0.3, -0.25) is 0 Å². The van der Waals surface area contributed by atoms with Crippen LogP contribution in [0.3, 0.4) is 0 Å². The maximum absolute atomic E-state index is 5.60. The van der Waals surface area contributed by atoms with Crippen LogP contribution in [0.15, 0.2) is 78.9 Å². The molecule has 0 bridgehead atoms. The van der Waals surface area contributed by atoms with Gasteiger partial charge >= 0.3 is 0 Å². The zero-order chi connectivity index (χ0) is 25.3. The van der Waals surface area contributed by atoms with E-state index in [0.717, 1.165) is 59.0 Å². The summed E-state index contributed by atoms with van der Waals surface area (Å²) in [7, 11) is 0. The Morgan fingerprint density at radius 2 is 1.37 bits per heavy atom. The number of unbranched alkanes of at least 4 members (excludes halogenated alkanes) is 4. The van der Waals surface area contributed by atoms with Crippen LogP contribution in [0.2, 0.25) is 0 Å². The van der Waals surface area contributed by atoms with Crippen molar-refractivity contribution in [2.24, 2.45) is 0 Å². The summed E-state index contributed by atoms with van der Waals surface area (Å²) in [5.41, 5.74) is 4.17. The van der Waals surface area contributed by atoms with Gasteiger partial charge in [-0.1, -0.05) is 120 Å². The number of hydrogen-bond acceptors (Lipinski definition) is 3. The fourth-order valence-electron chi connectivity index (χ4n) is 3.43. The van der Waals surface area contributed by atoms with E-state index < -0.39 is 0 Å². The second-order valence-electron chi connectivity index (χ2n) is 8.75. The van der Waals surface area contributed by atoms with Crippen LogP contribution in [0.1, 0.15) is 76.8 Å². The van der Waals surface area contributed by atoms with E-state index >= 15 is 0 Å². The summed E-state index contributed by atoms with van der Waals surface area (Å²) < 4.78 is 16.3. The highest BCUT2D eigenvalue weighted by Gasteiger charge is 2.12. The Morgan fingerprint density at radius 1 is 0.771 bits per heavy atom. The van der Waals surface area contributed by atoms with Crippen molar-refractivity contribution in [3.63, 3.8) is 0 Å². The fraction of sp³-hybridized carbons (Fsp3) is 0.375. The van der Waals surface area contributed by atoms with Gasteiger partial charge in [0.1, 0.15) is 5.75 Å². The molecule has 2 aromatic rings. The van der Waals surface area contributed by atoms with Crippen LogP contribution < -0.4 is 14.2 Å². The van der Waals surface area contributed by atoms with Crippen molar-refractivity contribution in [2.45, 2.75) is 65.7 Å². The minimum atomic E-state index is 0.288. The third-order valence-electron chi connectivity index (χ3n) is 5.43. The molecule has 0 aliphatic carbocycles.